The summed E-state index contributed by atoms with van der Waals surface area (Å²) in [6, 6.07) is -0.0150. The minimum absolute atomic E-state index is 0.0150. The van der Waals surface area contributed by atoms with Crippen molar-refractivity contribution in [1.29, 1.82) is 0 Å². The maximum Gasteiger partial charge on any atom is 0.138 e. The second-order valence-electron chi connectivity index (χ2n) is 5.48. The van der Waals surface area contributed by atoms with E-state index in [2.05, 4.69) is 34.5 Å². The van der Waals surface area contributed by atoms with Crippen molar-refractivity contribution < 1.29 is 0 Å². The molecule has 110 valence electrons. The highest BCUT2D eigenvalue weighted by Crippen LogP contribution is 2.19. The fourth-order valence-electron chi connectivity index (χ4n) is 2.24. The molecule has 20 heavy (non-hydrogen) atoms. The third kappa shape index (κ3) is 3.05. The molecule has 0 bridgehead atoms. The molecule has 2 rings (SSSR count). The van der Waals surface area contributed by atoms with Crippen LogP contribution >= 0.6 is 0 Å². The van der Waals surface area contributed by atoms with E-state index in [4.69, 9.17) is 5.84 Å². The Morgan fingerprint density at radius 3 is 2.65 bits per heavy atom. The topological polar surface area (TPSA) is 86.6 Å². The number of hydrogen-bond donors (Lipinski definition) is 2. The van der Waals surface area contributed by atoms with E-state index in [0.717, 1.165) is 23.6 Å². The normalized spacial score (nSPS) is 13.1. The van der Waals surface area contributed by atoms with Gasteiger partial charge in [-0.15, -0.1) is 0 Å². The van der Waals surface area contributed by atoms with Crippen molar-refractivity contribution in [2.45, 2.75) is 39.8 Å². The van der Waals surface area contributed by atoms with Crippen molar-refractivity contribution in [3.8, 4) is 0 Å². The molecular formula is C13H23N7. The first-order valence-corrected chi connectivity index (χ1v) is 6.84. The van der Waals surface area contributed by atoms with Crippen LogP contribution in [0.4, 0.5) is 0 Å². The van der Waals surface area contributed by atoms with E-state index in [9.17, 15) is 0 Å². The minimum atomic E-state index is -0.0150. The number of nitrogens with two attached hydrogens (primary N) is 1. The molecule has 7 heteroatoms. The van der Waals surface area contributed by atoms with Crippen LogP contribution in [-0.4, -0.2) is 24.5 Å². The smallest absolute Gasteiger partial charge is 0.138 e. The highest BCUT2D eigenvalue weighted by molar-refractivity contribution is 5.21. The Morgan fingerprint density at radius 2 is 2.10 bits per heavy atom. The summed E-state index contributed by atoms with van der Waals surface area (Å²) >= 11 is 0. The SMILES string of the molecule is Cc1c(C(Cc2ncnn2CC(C)C)NN)cnn1C. The second-order valence-corrected chi connectivity index (χ2v) is 5.48. The average Bonchev–Trinajstić information content (AvgIpc) is 2.95. The lowest BCUT2D eigenvalue weighted by Gasteiger charge is -2.16. The third-order valence-electron chi connectivity index (χ3n) is 3.47. The van der Waals surface area contributed by atoms with Gasteiger partial charge in [0.1, 0.15) is 12.2 Å². The van der Waals surface area contributed by atoms with Crippen molar-refractivity contribution in [2.24, 2.45) is 18.8 Å². The Morgan fingerprint density at radius 1 is 1.35 bits per heavy atom. The van der Waals surface area contributed by atoms with Crippen LogP contribution in [0.2, 0.25) is 0 Å². The quantitative estimate of drug-likeness (QED) is 0.600. The van der Waals surface area contributed by atoms with Crippen LogP contribution in [-0.2, 0) is 20.0 Å². The summed E-state index contributed by atoms with van der Waals surface area (Å²) in [5.74, 6) is 7.17. The number of nitrogens with zero attached hydrogens (tertiary/aromatic N) is 5. The summed E-state index contributed by atoms with van der Waals surface area (Å²) in [7, 11) is 1.92. The van der Waals surface area contributed by atoms with Gasteiger partial charge in [-0.05, 0) is 12.8 Å². The molecule has 1 unspecified atom stereocenters. The molecule has 0 spiro atoms. The predicted octanol–water partition coefficient (Wildman–Crippen LogP) is 0.723. The number of rotatable bonds is 6. The summed E-state index contributed by atoms with van der Waals surface area (Å²) in [6.45, 7) is 7.22. The summed E-state index contributed by atoms with van der Waals surface area (Å²) in [5, 5.41) is 8.54. The van der Waals surface area contributed by atoms with Gasteiger partial charge >= 0.3 is 0 Å². The zero-order chi connectivity index (χ0) is 14.7. The zero-order valence-corrected chi connectivity index (χ0v) is 12.5. The zero-order valence-electron chi connectivity index (χ0n) is 12.5. The van der Waals surface area contributed by atoms with Crippen LogP contribution in [0.1, 0.15) is 37.0 Å². The molecule has 0 saturated carbocycles. The van der Waals surface area contributed by atoms with Crippen LogP contribution in [0.5, 0.6) is 0 Å². The van der Waals surface area contributed by atoms with Gasteiger partial charge in [0.15, 0.2) is 0 Å². The van der Waals surface area contributed by atoms with E-state index in [1.54, 1.807) is 6.33 Å². The van der Waals surface area contributed by atoms with Crippen LogP contribution in [0.15, 0.2) is 12.5 Å². The summed E-state index contributed by atoms with van der Waals surface area (Å²) in [5.41, 5.74) is 5.05. The molecule has 0 aliphatic heterocycles. The van der Waals surface area contributed by atoms with E-state index < -0.39 is 0 Å². The van der Waals surface area contributed by atoms with E-state index >= 15 is 0 Å². The Bertz CT molecular complexity index is 555. The molecule has 2 aromatic rings. The highest BCUT2D eigenvalue weighted by atomic mass is 15.3. The molecular weight excluding hydrogens is 254 g/mol. The van der Waals surface area contributed by atoms with Crippen molar-refractivity contribution in [1.82, 2.24) is 30.0 Å². The predicted molar refractivity (Wildman–Crippen MR) is 76.6 cm³/mol. The number of nitrogens with one attached hydrogen (secondary N) is 1. The first-order valence-electron chi connectivity index (χ1n) is 6.84. The molecule has 0 aliphatic rings. The fraction of sp³-hybridized carbons (Fsp3) is 0.615. The summed E-state index contributed by atoms with van der Waals surface area (Å²) in [6.07, 6.45) is 4.14. The monoisotopic (exact) mass is 277 g/mol. The first-order chi connectivity index (χ1) is 9.52. The van der Waals surface area contributed by atoms with Gasteiger partial charge in [-0.25, -0.2) is 9.67 Å². The van der Waals surface area contributed by atoms with Gasteiger partial charge < -0.3 is 0 Å². The fourth-order valence-corrected chi connectivity index (χ4v) is 2.24. The molecule has 0 amide bonds. The van der Waals surface area contributed by atoms with Crippen LogP contribution in [0, 0.1) is 12.8 Å². The maximum atomic E-state index is 5.71. The molecule has 2 aromatic heterocycles. The van der Waals surface area contributed by atoms with E-state index in [0.29, 0.717) is 12.3 Å². The van der Waals surface area contributed by atoms with Crippen LogP contribution < -0.4 is 11.3 Å². The maximum absolute atomic E-state index is 5.71. The number of hydrogen-bond acceptors (Lipinski definition) is 5. The van der Waals surface area contributed by atoms with Gasteiger partial charge in [-0.3, -0.25) is 16.0 Å². The van der Waals surface area contributed by atoms with E-state index in [1.807, 2.05) is 29.5 Å². The minimum Gasteiger partial charge on any atom is -0.273 e. The Kier molecular flexibility index (Phi) is 4.51. The van der Waals surface area contributed by atoms with E-state index in [1.165, 1.54) is 0 Å². The lowest BCUT2D eigenvalue weighted by atomic mass is 10.1. The van der Waals surface area contributed by atoms with Crippen molar-refractivity contribution in [3.05, 3.63) is 29.6 Å². The molecule has 1 atom stereocenters. The van der Waals surface area contributed by atoms with Gasteiger partial charge in [0.2, 0.25) is 0 Å². The molecule has 0 aliphatic carbocycles. The molecule has 0 aromatic carbocycles. The van der Waals surface area contributed by atoms with Crippen molar-refractivity contribution >= 4 is 0 Å². The van der Waals surface area contributed by atoms with E-state index in [-0.39, 0.29) is 6.04 Å². The average molecular weight is 277 g/mol. The number of hydrazine groups is 1. The molecule has 7 nitrogen and oxygen atoms in total. The van der Waals surface area contributed by atoms with Crippen LogP contribution in [0.25, 0.3) is 0 Å². The van der Waals surface area contributed by atoms with Gasteiger partial charge in [0.05, 0.1) is 12.2 Å². The van der Waals surface area contributed by atoms with Crippen molar-refractivity contribution in [3.63, 3.8) is 0 Å². The third-order valence-corrected chi connectivity index (χ3v) is 3.47. The summed E-state index contributed by atoms with van der Waals surface area (Å²) in [4.78, 5) is 4.35. The Labute approximate surface area is 119 Å². The largest absolute Gasteiger partial charge is 0.273 e. The Balaban J connectivity index is 2.19. The van der Waals surface area contributed by atoms with Gasteiger partial charge in [0.25, 0.3) is 0 Å². The van der Waals surface area contributed by atoms with Crippen LogP contribution in [0.3, 0.4) is 0 Å². The molecule has 0 saturated heterocycles. The first kappa shape index (κ1) is 14.7. The lowest BCUT2D eigenvalue weighted by molar-refractivity contribution is 0.446. The number of aromatic nitrogens is 5. The van der Waals surface area contributed by atoms with Gasteiger partial charge in [-0.2, -0.15) is 10.2 Å². The molecule has 0 fully saturated rings. The lowest BCUT2D eigenvalue weighted by Crippen LogP contribution is -2.31. The molecule has 2 heterocycles. The summed E-state index contributed by atoms with van der Waals surface area (Å²) < 4.78 is 3.79. The molecule has 0 radical (unpaired) electrons. The molecule has 3 N–H and O–H groups in total. The second kappa shape index (κ2) is 6.15. The number of aryl methyl sites for hydroxylation is 1. The van der Waals surface area contributed by atoms with Crippen molar-refractivity contribution in [2.75, 3.05) is 0 Å². The standard InChI is InChI=1S/C13H23N7/c1-9(2)7-20-13(15-8-17-20)5-12(18-14)11-6-16-19(4)10(11)3/h6,8-9,12,18H,5,7,14H2,1-4H3. The van der Waals surface area contributed by atoms with Gasteiger partial charge in [0, 0.05) is 31.3 Å². The highest BCUT2D eigenvalue weighted by Gasteiger charge is 2.19. The Hall–Kier alpha value is -1.73. The van der Waals surface area contributed by atoms with Gasteiger partial charge in [-0.1, -0.05) is 13.8 Å².